The Kier molecular flexibility index (Phi) is 3.24. The molecular formula is C11H19N3S. The number of nitrogens with zero attached hydrogens (tertiary/aromatic N) is 2. The normalized spacial score (nSPS) is 20.4. The second-order valence-corrected chi connectivity index (χ2v) is 4.97. The van der Waals surface area contributed by atoms with Crippen LogP contribution in [0.2, 0.25) is 0 Å². The molecule has 1 heterocycles. The van der Waals surface area contributed by atoms with E-state index in [0.29, 0.717) is 6.04 Å². The molecule has 1 aromatic heterocycles. The van der Waals surface area contributed by atoms with E-state index in [9.17, 15) is 0 Å². The molecule has 0 spiro atoms. The van der Waals surface area contributed by atoms with Gasteiger partial charge in [-0.15, -0.1) is 0 Å². The second kappa shape index (κ2) is 4.47. The van der Waals surface area contributed by atoms with Crippen molar-refractivity contribution in [3.05, 3.63) is 10.6 Å². The number of nitrogens with one attached hydrogen (secondary N) is 1. The number of rotatable bonds is 2. The smallest absolute Gasteiger partial charge is 0.195 e. The summed E-state index contributed by atoms with van der Waals surface area (Å²) in [5.74, 6) is 1.79. The van der Waals surface area contributed by atoms with Crippen molar-refractivity contribution >= 4 is 12.2 Å². The molecule has 1 N–H and O–H groups in total. The van der Waals surface area contributed by atoms with Crippen LogP contribution in [0.15, 0.2) is 0 Å². The lowest BCUT2D eigenvalue weighted by molar-refractivity contribution is 0.259. The van der Waals surface area contributed by atoms with Crippen molar-refractivity contribution in [1.29, 1.82) is 0 Å². The standard InChI is InChI=1S/C11H19N3S/c1-8(10-6-4-3-5-7-10)14-9(2)12-13-11(14)15/h8,10H,3-7H2,1-2H3,(H,13,15). The van der Waals surface area contributed by atoms with Gasteiger partial charge in [0.2, 0.25) is 0 Å². The molecule has 0 bridgehead atoms. The maximum absolute atomic E-state index is 5.26. The van der Waals surface area contributed by atoms with Crippen LogP contribution >= 0.6 is 12.2 Å². The molecule has 1 fully saturated rings. The molecule has 1 aliphatic rings. The van der Waals surface area contributed by atoms with Gasteiger partial charge in [-0.2, -0.15) is 5.10 Å². The first-order chi connectivity index (χ1) is 7.20. The minimum absolute atomic E-state index is 0.497. The van der Waals surface area contributed by atoms with Crippen molar-refractivity contribution in [3.8, 4) is 0 Å². The van der Waals surface area contributed by atoms with Crippen LogP contribution in [0.25, 0.3) is 0 Å². The summed E-state index contributed by atoms with van der Waals surface area (Å²) in [4.78, 5) is 0. The van der Waals surface area contributed by atoms with Gasteiger partial charge in [0, 0.05) is 6.04 Å². The van der Waals surface area contributed by atoms with Gasteiger partial charge in [0.1, 0.15) is 5.82 Å². The highest BCUT2D eigenvalue weighted by atomic mass is 32.1. The first kappa shape index (κ1) is 10.9. The van der Waals surface area contributed by atoms with E-state index in [1.165, 1.54) is 32.1 Å². The topological polar surface area (TPSA) is 33.6 Å². The van der Waals surface area contributed by atoms with Crippen molar-refractivity contribution in [1.82, 2.24) is 14.8 Å². The molecule has 1 unspecified atom stereocenters. The van der Waals surface area contributed by atoms with Crippen molar-refractivity contribution in [2.75, 3.05) is 0 Å². The minimum Gasteiger partial charge on any atom is -0.301 e. The number of aromatic amines is 1. The average molecular weight is 225 g/mol. The molecule has 0 amide bonds. The minimum atomic E-state index is 0.497. The van der Waals surface area contributed by atoms with E-state index in [1.807, 2.05) is 6.92 Å². The Morgan fingerprint density at radius 3 is 2.60 bits per heavy atom. The number of aromatic nitrogens is 3. The summed E-state index contributed by atoms with van der Waals surface area (Å²) < 4.78 is 2.94. The first-order valence-electron chi connectivity index (χ1n) is 5.83. The molecule has 1 aromatic rings. The molecular weight excluding hydrogens is 206 g/mol. The summed E-state index contributed by atoms with van der Waals surface area (Å²) in [6.07, 6.45) is 6.83. The molecule has 0 radical (unpaired) electrons. The third-order valence-electron chi connectivity index (χ3n) is 3.62. The fourth-order valence-electron chi connectivity index (χ4n) is 2.69. The molecule has 15 heavy (non-hydrogen) atoms. The fraction of sp³-hybridized carbons (Fsp3) is 0.818. The summed E-state index contributed by atoms with van der Waals surface area (Å²) in [5, 5.41) is 7.05. The van der Waals surface area contributed by atoms with E-state index in [4.69, 9.17) is 12.2 Å². The molecule has 1 saturated carbocycles. The molecule has 1 atom stereocenters. The van der Waals surface area contributed by atoms with Crippen molar-refractivity contribution in [2.24, 2.45) is 5.92 Å². The summed E-state index contributed by atoms with van der Waals surface area (Å²) >= 11 is 5.26. The lowest BCUT2D eigenvalue weighted by Gasteiger charge is -2.28. The predicted molar refractivity (Wildman–Crippen MR) is 63.4 cm³/mol. The maximum atomic E-state index is 5.26. The van der Waals surface area contributed by atoms with Gasteiger partial charge in [-0.3, -0.25) is 5.10 Å². The molecule has 0 aromatic carbocycles. The Morgan fingerprint density at radius 2 is 2.07 bits per heavy atom. The van der Waals surface area contributed by atoms with Crippen LogP contribution in [-0.4, -0.2) is 14.8 Å². The van der Waals surface area contributed by atoms with E-state index in [2.05, 4.69) is 21.7 Å². The van der Waals surface area contributed by atoms with E-state index in [-0.39, 0.29) is 0 Å². The maximum Gasteiger partial charge on any atom is 0.195 e. The van der Waals surface area contributed by atoms with Crippen LogP contribution in [0.4, 0.5) is 0 Å². The van der Waals surface area contributed by atoms with Crippen LogP contribution < -0.4 is 0 Å². The molecule has 2 rings (SSSR count). The third-order valence-corrected chi connectivity index (χ3v) is 3.91. The largest absolute Gasteiger partial charge is 0.301 e. The van der Waals surface area contributed by atoms with Crippen LogP contribution in [-0.2, 0) is 0 Å². The summed E-state index contributed by atoms with van der Waals surface area (Å²) in [5.41, 5.74) is 0. The molecule has 1 aliphatic carbocycles. The Bertz CT molecular complexity index is 373. The van der Waals surface area contributed by atoms with Crippen molar-refractivity contribution < 1.29 is 0 Å². The van der Waals surface area contributed by atoms with Crippen molar-refractivity contribution in [2.45, 2.75) is 52.0 Å². The zero-order valence-corrected chi connectivity index (χ0v) is 10.3. The Balaban J connectivity index is 2.19. The van der Waals surface area contributed by atoms with E-state index in [1.54, 1.807) is 0 Å². The van der Waals surface area contributed by atoms with E-state index >= 15 is 0 Å². The number of aryl methyl sites for hydroxylation is 1. The zero-order valence-electron chi connectivity index (χ0n) is 9.49. The Labute approximate surface area is 95.9 Å². The van der Waals surface area contributed by atoms with Gasteiger partial charge < -0.3 is 4.57 Å². The zero-order chi connectivity index (χ0) is 10.8. The lowest BCUT2D eigenvalue weighted by Crippen LogP contribution is -2.20. The van der Waals surface area contributed by atoms with Gasteiger partial charge in [-0.1, -0.05) is 19.3 Å². The van der Waals surface area contributed by atoms with Crippen LogP contribution in [0.5, 0.6) is 0 Å². The van der Waals surface area contributed by atoms with Crippen LogP contribution in [0.3, 0.4) is 0 Å². The van der Waals surface area contributed by atoms with E-state index in [0.717, 1.165) is 16.5 Å². The van der Waals surface area contributed by atoms with Gasteiger partial charge in [0.05, 0.1) is 0 Å². The summed E-state index contributed by atoms with van der Waals surface area (Å²) in [7, 11) is 0. The first-order valence-corrected chi connectivity index (χ1v) is 6.24. The summed E-state index contributed by atoms with van der Waals surface area (Å²) in [6.45, 7) is 4.29. The second-order valence-electron chi connectivity index (χ2n) is 4.58. The number of H-pyrrole nitrogens is 1. The number of hydrogen-bond acceptors (Lipinski definition) is 2. The predicted octanol–water partition coefficient (Wildman–Crippen LogP) is 3.39. The quantitative estimate of drug-likeness (QED) is 0.783. The molecule has 3 nitrogen and oxygen atoms in total. The van der Waals surface area contributed by atoms with Gasteiger partial charge in [-0.25, -0.2) is 0 Å². The average Bonchev–Trinajstić information content (AvgIpc) is 2.59. The van der Waals surface area contributed by atoms with Gasteiger partial charge >= 0.3 is 0 Å². The van der Waals surface area contributed by atoms with Crippen molar-refractivity contribution in [3.63, 3.8) is 0 Å². The monoisotopic (exact) mass is 225 g/mol. The number of hydrogen-bond donors (Lipinski definition) is 1. The Hall–Kier alpha value is -0.640. The van der Waals surface area contributed by atoms with Gasteiger partial charge in [0.25, 0.3) is 0 Å². The molecule has 0 aliphatic heterocycles. The van der Waals surface area contributed by atoms with Crippen LogP contribution in [0, 0.1) is 17.6 Å². The molecule has 4 heteroatoms. The molecule has 0 saturated heterocycles. The fourth-order valence-corrected chi connectivity index (χ4v) is 3.03. The Morgan fingerprint density at radius 1 is 1.40 bits per heavy atom. The molecule has 84 valence electrons. The highest BCUT2D eigenvalue weighted by Crippen LogP contribution is 2.32. The van der Waals surface area contributed by atoms with Gasteiger partial charge in [0.15, 0.2) is 4.77 Å². The third kappa shape index (κ3) is 2.14. The lowest BCUT2D eigenvalue weighted by atomic mass is 9.84. The summed E-state index contributed by atoms with van der Waals surface area (Å²) in [6, 6.07) is 0.497. The van der Waals surface area contributed by atoms with Gasteiger partial charge in [-0.05, 0) is 44.8 Å². The SMILES string of the molecule is Cc1n[nH]c(=S)n1C(C)C1CCCCC1. The highest BCUT2D eigenvalue weighted by Gasteiger charge is 2.22. The van der Waals surface area contributed by atoms with Crippen LogP contribution in [0.1, 0.15) is 50.9 Å². The van der Waals surface area contributed by atoms with E-state index < -0.39 is 0 Å². The highest BCUT2D eigenvalue weighted by molar-refractivity contribution is 7.71.